The van der Waals surface area contributed by atoms with E-state index in [1.165, 1.54) is 37.1 Å². The topological polar surface area (TPSA) is 64.7 Å². The second kappa shape index (κ2) is 10.0. The highest BCUT2D eigenvalue weighted by Crippen LogP contribution is 2.21. The molecule has 7 heteroatoms. The fraction of sp³-hybridized carbons (Fsp3) is 0.417. The molecular weight excluding hydrogens is 395 g/mol. The van der Waals surface area contributed by atoms with Crippen molar-refractivity contribution in [1.29, 1.82) is 0 Å². The van der Waals surface area contributed by atoms with E-state index in [0.717, 1.165) is 39.0 Å². The van der Waals surface area contributed by atoms with Crippen LogP contribution < -0.4 is 10.6 Å². The van der Waals surface area contributed by atoms with Crippen molar-refractivity contribution >= 4 is 23.2 Å². The second-order valence-electron chi connectivity index (χ2n) is 8.33. The van der Waals surface area contributed by atoms with Gasteiger partial charge in [-0.15, -0.1) is 0 Å². The number of carbonyl (C=O) groups excluding carboxylic acids is 2. The average Bonchev–Trinajstić information content (AvgIpc) is 3.43. The van der Waals surface area contributed by atoms with Gasteiger partial charge in [-0.3, -0.25) is 14.5 Å². The molecule has 1 atom stereocenters. The molecule has 2 N–H and O–H groups in total. The van der Waals surface area contributed by atoms with Crippen LogP contribution >= 0.6 is 0 Å². The summed E-state index contributed by atoms with van der Waals surface area (Å²) in [6.45, 7) is 4.61. The number of nitrogens with one attached hydrogen (secondary N) is 2. The third-order valence-corrected chi connectivity index (χ3v) is 6.06. The molecule has 2 aliphatic heterocycles. The van der Waals surface area contributed by atoms with E-state index in [4.69, 9.17) is 0 Å². The van der Waals surface area contributed by atoms with Crippen LogP contribution in [0.2, 0.25) is 0 Å². The van der Waals surface area contributed by atoms with Crippen LogP contribution in [0.5, 0.6) is 0 Å². The van der Waals surface area contributed by atoms with E-state index in [1.54, 1.807) is 24.3 Å². The normalized spacial score (nSPS) is 19.5. The first-order valence-corrected chi connectivity index (χ1v) is 11.0. The van der Waals surface area contributed by atoms with Crippen LogP contribution in [0.1, 0.15) is 36.0 Å². The van der Waals surface area contributed by atoms with Crippen LogP contribution in [-0.4, -0.2) is 60.4 Å². The number of hydrogen-bond acceptors (Lipinski definition) is 4. The molecule has 0 aliphatic carbocycles. The molecule has 0 saturated carbocycles. The number of para-hydroxylation sites is 1. The van der Waals surface area contributed by atoms with Crippen LogP contribution in [0.4, 0.5) is 15.8 Å². The monoisotopic (exact) mass is 424 g/mol. The maximum atomic E-state index is 13.1. The van der Waals surface area contributed by atoms with Gasteiger partial charge in [-0.25, -0.2) is 4.39 Å². The maximum Gasteiger partial charge on any atom is 0.257 e. The fourth-order valence-corrected chi connectivity index (χ4v) is 4.47. The Morgan fingerprint density at radius 3 is 2.45 bits per heavy atom. The lowest BCUT2D eigenvalue weighted by Crippen LogP contribution is -2.42. The van der Waals surface area contributed by atoms with Crippen molar-refractivity contribution < 1.29 is 14.0 Å². The number of amides is 2. The van der Waals surface area contributed by atoms with Gasteiger partial charge in [0.05, 0.1) is 17.8 Å². The Kier molecular flexibility index (Phi) is 6.94. The minimum atomic E-state index is -0.365. The Bertz CT molecular complexity index is 912. The average molecular weight is 425 g/mol. The highest BCUT2D eigenvalue weighted by atomic mass is 19.1. The van der Waals surface area contributed by atoms with Gasteiger partial charge >= 0.3 is 0 Å². The number of halogens is 1. The first-order chi connectivity index (χ1) is 15.1. The molecule has 6 nitrogen and oxygen atoms in total. The van der Waals surface area contributed by atoms with E-state index in [0.29, 0.717) is 29.5 Å². The zero-order chi connectivity index (χ0) is 21.6. The predicted octanol–water partition coefficient (Wildman–Crippen LogP) is 3.58. The Morgan fingerprint density at radius 1 is 0.935 bits per heavy atom. The Hall–Kier alpha value is -2.77. The number of hydrogen-bond donors (Lipinski definition) is 2. The van der Waals surface area contributed by atoms with Crippen LogP contribution in [0.25, 0.3) is 0 Å². The third-order valence-electron chi connectivity index (χ3n) is 6.06. The number of nitrogens with zero attached hydrogens (tertiary/aromatic N) is 2. The zero-order valence-electron chi connectivity index (χ0n) is 17.6. The summed E-state index contributed by atoms with van der Waals surface area (Å²) in [6.07, 6.45) is 4.77. The predicted molar refractivity (Wildman–Crippen MR) is 120 cm³/mol. The van der Waals surface area contributed by atoms with Crippen LogP contribution in [0.3, 0.4) is 0 Å². The summed E-state index contributed by atoms with van der Waals surface area (Å²) < 4.78 is 13.1. The first-order valence-electron chi connectivity index (χ1n) is 11.0. The van der Waals surface area contributed by atoms with Gasteiger partial charge in [0, 0.05) is 18.3 Å². The van der Waals surface area contributed by atoms with Gasteiger partial charge in [0.15, 0.2) is 0 Å². The highest BCUT2D eigenvalue weighted by molar-refractivity contribution is 6.10. The highest BCUT2D eigenvalue weighted by Gasteiger charge is 2.29. The lowest BCUT2D eigenvalue weighted by molar-refractivity contribution is -0.117. The van der Waals surface area contributed by atoms with E-state index < -0.39 is 0 Å². The summed E-state index contributed by atoms with van der Waals surface area (Å²) in [4.78, 5) is 30.3. The van der Waals surface area contributed by atoms with E-state index in [2.05, 4.69) is 20.4 Å². The van der Waals surface area contributed by atoms with Crippen molar-refractivity contribution in [2.75, 3.05) is 43.4 Å². The molecule has 0 aromatic heterocycles. The Morgan fingerprint density at radius 2 is 1.68 bits per heavy atom. The summed E-state index contributed by atoms with van der Waals surface area (Å²) in [6, 6.07) is 12.9. The molecule has 4 rings (SSSR count). The van der Waals surface area contributed by atoms with Gasteiger partial charge in [-0.05, 0) is 81.7 Å². The van der Waals surface area contributed by atoms with Gasteiger partial charge in [0.25, 0.3) is 5.91 Å². The van der Waals surface area contributed by atoms with Gasteiger partial charge < -0.3 is 15.5 Å². The zero-order valence-corrected chi connectivity index (χ0v) is 17.6. The second-order valence-corrected chi connectivity index (χ2v) is 8.33. The summed E-state index contributed by atoms with van der Waals surface area (Å²) in [5, 5.41) is 5.66. The minimum absolute atomic E-state index is 0.115. The fourth-order valence-electron chi connectivity index (χ4n) is 4.47. The molecule has 0 spiro atoms. The molecule has 2 aromatic carbocycles. The molecule has 2 aromatic rings. The smallest absolute Gasteiger partial charge is 0.257 e. The molecule has 0 bridgehead atoms. The van der Waals surface area contributed by atoms with E-state index in [1.807, 2.05) is 0 Å². The maximum absolute atomic E-state index is 13.1. The molecule has 2 amide bonds. The van der Waals surface area contributed by atoms with Crippen molar-refractivity contribution in [1.82, 2.24) is 9.80 Å². The SMILES string of the molecule is O=C(CN1CCCC1CN1CCCC1)Nc1ccccc1C(=O)Nc1ccc(F)cc1. The minimum Gasteiger partial charge on any atom is -0.324 e. The van der Waals surface area contributed by atoms with Gasteiger partial charge in [0.1, 0.15) is 5.82 Å². The number of likely N-dealkylation sites (tertiary alicyclic amines) is 2. The molecule has 0 radical (unpaired) electrons. The van der Waals surface area contributed by atoms with E-state index >= 15 is 0 Å². The van der Waals surface area contributed by atoms with Gasteiger partial charge in [-0.1, -0.05) is 12.1 Å². The summed E-state index contributed by atoms with van der Waals surface area (Å²) in [5.41, 5.74) is 1.34. The molecule has 2 saturated heterocycles. The van der Waals surface area contributed by atoms with Gasteiger partial charge in [0.2, 0.25) is 5.91 Å². The molecular formula is C24H29FN4O2. The molecule has 2 heterocycles. The van der Waals surface area contributed by atoms with Crippen molar-refractivity contribution in [3.8, 4) is 0 Å². The quantitative estimate of drug-likeness (QED) is 0.713. The van der Waals surface area contributed by atoms with E-state index in [-0.39, 0.29) is 17.6 Å². The summed E-state index contributed by atoms with van der Waals surface area (Å²) in [7, 11) is 0. The summed E-state index contributed by atoms with van der Waals surface area (Å²) >= 11 is 0. The first kappa shape index (κ1) is 21.5. The Labute approximate surface area is 182 Å². The van der Waals surface area contributed by atoms with Crippen molar-refractivity contribution in [2.45, 2.75) is 31.7 Å². The number of rotatable bonds is 7. The lowest BCUT2D eigenvalue weighted by Gasteiger charge is -2.28. The number of carbonyl (C=O) groups is 2. The van der Waals surface area contributed by atoms with Crippen LogP contribution in [0, 0.1) is 5.82 Å². The number of anilines is 2. The van der Waals surface area contributed by atoms with Crippen molar-refractivity contribution in [3.63, 3.8) is 0 Å². The van der Waals surface area contributed by atoms with Crippen LogP contribution in [-0.2, 0) is 4.79 Å². The summed E-state index contributed by atoms with van der Waals surface area (Å²) in [5.74, 6) is -0.832. The largest absolute Gasteiger partial charge is 0.324 e. The standard InChI is InChI=1S/C24H29FN4O2/c25-18-9-11-19(12-10-18)26-24(31)21-7-1-2-8-22(21)27-23(30)17-29-15-5-6-20(29)16-28-13-3-4-14-28/h1-2,7-12,20H,3-6,13-17H2,(H,26,31)(H,27,30). The Balaban J connectivity index is 1.37. The van der Waals surface area contributed by atoms with Gasteiger partial charge in [-0.2, -0.15) is 0 Å². The van der Waals surface area contributed by atoms with Crippen molar-refractivity contribution in [2.24, 2.45) is 0 Å². The van der Waals surface area contributed by atoms with Crippen molar-refractivity contribution in [3.05, 3.63) is 59.9 Å². The molecule has 164 valence electrons. The molecule has 2 fully saturated rings. The lowest BCUT2D eigenvalue weighted by atomic mass is 10.1. The molecule has 1 unspecified atom stereocenters. The number of benzene rings is 2. The van der Waals surface area contributed by atoms with Crippen LogP contribution in [0.15, 0.2) is 48.5 Å². The van der Waals surface area contributed by atoms with E-state index in [9.17, 15) is 14.0 Å². The third kappa shape index (κ3) is 5.68. The molecule has 31 heavy (non-hydrogen) atoms. The molecule has 2 aliphatic rings.